The van der Waals surface area contributed by atoms with Gasteiger partial charge in [0.25, 0.3) is 5.69 Å². The van der Waals surface area contributed by atoms with Crippen LogP contribution in [0, 0.1) is 10.1 Å². The molecule has 0 atom stereocenters. The van der Waals surface area contributed by atoms with E-state index in [0.717, 1.165) is 23.4 Å². The summed E-state index contributed by atoms with van der Waals surface area (Å²) in [5.74, 6) is 0.809. The molecule has 1 heterocycles. The Labute approximate surface area is 90.0 Å². The average Bonchev–Trinajstić information content (AvgIpc) is 2.70. The quantitative estimate of drug-likeness (QED) is 0.613. The number of hydrogen-bond donors (Lipinski definition) is 1. The molecule has 0 amide bonds. The van der Waals surface area contributed by atoms with Gasteiger partial charge in [0.2, 0.25) is 0 Å². The third-order valence-corrected chi connectivity index (χ3v) is 3.02. The molecule has 1 aromatic carbocycles. The average molecular weight is 224 g/mol. The molecule has 0 aromatic heterocycles. The minimum atomic E-state index is -0.535. The monoisotopic (exact) mass is 224 g/mol. The van der Waals surface area contributed by atoms with Crippen molar-refractivity contribution < 1.29 is 10.0 Å². The Bertz CT molecular complexity index is 445. The number of aliphatic imine (C=N–C) groups is 1. The van der Waals surface area contributed by atoms with Crippen molar-refractivity contribution >= 4 is 22.5 Å². The fourth-order valence-electron chi connectivity index (χ4n) is 1.31. The summed E-state index contributed by atoms with van der Waals surface area (Å²) in [5, 5.41) is 20.8. The van der Waals surface area contributed by atoms with Gasteiger partial charge in [-0.05, 0) is 6.07 Å². The number of non-ortho nitro benzene ring substituents is 1. The van der Waals surface area contributed by atoms with Gasteiger partial charge in [-0.1, -0.05) is 0 Å². The minimum absolute atomic E-state index is 0.0858. The molecule has 0 unspecified atom stereocenters. The Balaban J connectivity index is 2.38. The Morgan fingerprint density at radius 1 is 1.53 bits per heavy atom. The van der Waals surface area contributed by atoms with Gasteiger partial charge in [-0.3, -0.25) is 15.1 Å². The van der Waals surface area contributed by atoms with E-state index in [1.54, 1.807) is 11.8 Å². The highest BCUT2D eigenvalue weighted by Crippen LogP contribution is 2.29. The van der Waals surface area contributed by atoms with Crippen molar-refractivity contribution in [1.82, 2.24) is 0 Å². The third kappa shape index (κ3) is 1.94. The summed E-state index contributed by atoms with van der Waals surface area (Å²) in [6.07, 6.45) is 0. The number of nitrogens with zero attached hydrogens (tertiary/aromatic N) is 2. The second-order valence-electron chi connectivity index (χ2n) is 2.99. The van der Waals surface area contributed by atoms with Crippen LogP contribution in [0.3, 0.4) is 0 Å². The number of rotatable bonds is 2. The molecule has 15 heavy (non-hydrogen) atoms. The molecule has 1 aromatic rings. The maximum Gasteiger partial charge on any atom is 0.273 e. The summed E-state index contributed by atoms with van der Waals surface area (Å²) in [6.45, 7) is 0.733. The van der Waals surface area contributed by atoms with Crippen molar-refractivity contribution in [2.45, 2.75) is 0 Å². The van der Waals surface area contributed by atoms with Crippen LogP contribution in [-0.2, 0) is 0 Å². The smallest absolute Gasteiger partial charge is 0.273 e. The van der Waals surface area contributed by atoms with Crippen molar-refractivity contribution in [2.24, 2.45) is 4.99 Å². The lowest BCUT2D eigenvalue weighted by molar-refractivity contribution is -0.384. The molecule has 1 aliphatic heterocycles. The second-order valence-corrected chi connectivity index (χ2v) is 4.08. The molecule has 0 bridgehead atoms. The highest BCUT2D eigenvalue weighted by molar-refractivity contribution is 8.14. The number of benzene rings is 1. The summed E-state index contributed by atoms with van der Waals surface area (Å²) in [6, 6.07) is 4.05. The fourth-order valence-corrected chi connectivity index (χ4v) is 2.20. The van der Waals surface area contributed by atoms with E-state index in [0.29, 0.717) is 5.56 Å². The van der Waals surface area contributed by atoms with Gasteiger partial charge in [0.1, 0.15) is 10.8 Å². The van der Waals surface area contributed by atoms with Crippen LogP contribution in [-0.4, -0.2) is 27.4 Å². The van der Waals surface area contributed by atoms with Gasteiger partial charge in [0.05, 0.1) is 11.0 Å². The van der Waals surface area contributed by atoms with Crippen LogP contribution in [0.25, 0.3) is 0 Å². The molecule has 0 radical (unpaired) electrons. The predicted molar refractivity (Wildman–Crippen MR) is 58.6 cm³/mol. The van der Waals surface area contributed by atoms with Crippen LogP contribution < -0.4 is 0 Å². The normalized spacial score (nSPS) is 15.1. The SMILES string of the molecule is O=[N+]([O-])c1ccc(C2=NCCS2)c(O)c1. The summed E-state index contributed by atoms with van der Waals surface area (Å²) in [4.78, 5) is 14.1. The van der Waals surface area contributed by atoms with Gasteiger partial charge in [-0.25, -0.2) is 0 Å². The van der Waals surface area contributed by atoms with Crippen molar-refractivity contribution in [2.75, 3.05) is 12.3 Å². The maximum atomic E-state index is 10.4. The van der Waals surface area contributed by atoms with Crippen molar-refractivity contribution in [1.29, 1.82) is 0 Å². The number of phenols is 1. The Morgan fingerprint density at radius 2 is 2.33 bits per heavy atom. The number of hydrogen-bond acceptors (Lipinski definition) is 5. The Kier molecular flexibility index (Phi) is 2.59. The van der Waals surface area contributed by atoms with Gasteiger partial charge < -0.3 is 5.11 Å². The molecule has 0 fully saturated rings. The Hall–Kier alpha value is -1.56. The lowest BCUT2D eigenvalue weighted by Gasteiger charge is -2.02. The summed E-state index contributed by atoms with van der Waals surface area (Å²) >= 11 is 1.54. The van der Waals surface area contributed by atoms with Gasteiger partial charge in [0, 0.05) is 23.9 Å². The van der Waals surface area contributed by atoms with E-state index in [2.05, 4.69) is 4.99 Å². The summed E-state index contributed by atoms with van der Waals surface area (Å²) in [5.41, 5.74) is 0.461. The molecule has 0 saturated heterocycles. The molecule has 6 heteroatoms. The molecule has 1 aliphatic rings. The first-order valence-corrected chi connectivity index (χ1v) is 5.32. The molecular weight excluding hydrogens is 216 g/mol. The van der Waals surface area contributed by atoms with E-state index in [9.17, 15) is 15.2 Å². The minimum Gasteiger partial charge on any atom is -0.507 e. The number of thioether (sulfide) groups is 1. The molecule has 5 nitrogen and oxygen atoms in total. The lowest BCUT2D eigenvalue weighted by Crippen LogP contribution is -1.94. The standard InChI is InChI=1S/C9H8N2O3S/c12-8-5-6(11(13)14)1-2-7(8)9-10-3-4-15-9/h1-2,5,12H,3-4H2. The van der Waals surface area contributed by atoms with Crippen LogP contribution in [0.5, 0.6) is 5.75 Å². The zero-order valence-electron chi connectivity index (χ0n) is 7.71. The van der Waals surface area contributed by atoms with Crippen molar-refractivity contribution in [3.8, 4) is 5.75 Å². The maximum absolute atomic E-state index is 10.4. The number of nitro benzene ring substituents is 1. The summed E-state index contributed by atoms with van der Waals surface area (Å²) in [7, 11) is 0. The Morgan fingerprint density at radius 3 is 2.87 bits per heavy atom. The molecule has 0 aliphatic carbocycles. The topological polar surface area (TPSA) is 75.7 Å². The van der Waals surface area contributed by atoms with Crippen LogP contribution in [0.4, 0.5) is 5.69 Å². The van der Waals surface area contributed by atoms with Crippen LogP contribution in [0.1, 0.15) is 5.56 Å². The summed E-state index contributed by atoms with van der Waals surface area (Å²) < 4.78 is 0. The zero-order chi connectivity index (χ0) is 10.8. The van der Waals surface area contributed by atoms with Gasteiger partial charge in [-0.2, -0.15) is 0 Å². The number of nitro groups is 1. The van der Waals surface area contributed by atoms with Crippen molar-refractivity contribution in [3.05, 3.63) is 33.9 Å². The zero-order valence-corrected chi connectivity index (χ0v) is 8.53. The van der Waals surface area contributed by atoms with E-state index in [4.69, 9.17) is 0 Å². The predicted octanol–water partition coefficient (Wildman–Crippen LogP) is 1.79. The fraction of sp³-hybridized carbons (Fsp3) is 0.222. The number of phenolic OH excluding ortho intramolecular Hbond substituents is 1. The lowest BCUT2D eigenvalue weighted by atomic mass is 10.2. The largest absolute Gasteiger partial charge is 0.507 e. The third-order valence-electron chi connectivity index (χ3n) is 2.01. The molecular formula is C9H8N2O3S. The molecule has 0 saturated carbocycles. The van der Waals surface area contributed by atoms with Crippen molar-refractivity contribution in [3.63, 3.8) is 0 Å². The van der Waals surface area contributed by atoms with E-state index in [-0.39, 0.29) is 11.4 Å². The van der Waals surface area contributed by atoms with E-state index in [1.165, 1.54) is 12.1 Å². The van der Waals surface area contributed by atoms with E-state index < -0.39 is 4.92 Å². The van der Waals surface area contributed by atoms with Crippen LogP contribution in [0.15, 0.2) is 23.2 Å². The van der Waals surface area contributed by atoms with Crippen LogP contribution in [0.2, 0.25) is 0 Å². The molecule has 1 N–H and O–H groups in total. The van der Waals surface area contributed by atoms with Crippen LogP contribution >= 0.6 is 11.8 Å². The van der Waals surface area contributed by atoms with E-state index in [1.807, 2.05) is 0 Å². The second kappa shape index (κ2) is 3.90. The van der Waals surface area contributed by atoms with Gasteiger partial charge in [0.15, 0.2) is 0 Å². The molecule has 0 spiro atoms. The molecule has 2 rings (SSSR count). The molecule has 78 valence electrons. The van der Waals surface area contributed by atoms with E-state index >= 15 is 0 Å². The first-order valence-electron chi connectivity index (χ1n) is 4.33. The van der Waals surface area contributed by atoms with Gasteiger partial charge in [-0.15, -0.1) is 11.8 Å². The highest BCUT2D eigenvalue weighted by Gasteiger charge is 2.16. The number of aromatic hydroxyl groups is 1. The highest BCUT2D eigenvalue weighted by atomic mass is 32.2. The first-order chi connectivity index (χ1) is 7.18. The first kappa shape index (κ1) is 9.97. The van der Waals surface area contributed by atoms with Gasteiger partial charge >= 0.3 is 0 Å².